The van der Waals surface area contributed by atoms with E-state index in [0.717, 1.165) is 23.0 Å². The summed E-state index contributed by atoms with van der Waals surface area (Å²) in [6.45, 7) is 3.67. The molecular formula is C24H23N3O5S2. The molecule has 1 unspecified atom stereocenters. The molecular weight excluding hydrogens is 474 g/mol. The zero-order valence-electron chi connectivity index (χ0n) is 18.7. The lowest BCUT2D eigenvalue weighted by atomic mass is 10.2. The van der Waals surface area contributed by atoms with Gasteiger partial charge in [0.2, 0.25) is 5.91 Å². The van der Waals surface area contributed by atoms with Crippen molar-refractivity contribution in [1.82, 2.24) is 4.98 Å². The van der Waals surface area contributed by atoms with Gasteiger partial charge < -0.3 is 14.5 Å². The number of ether oxygens (including phenoxy) is 1. The minimum atomic E-state index is -3.89. The van der Waals surface area contributed by atoms with Gasteiger partial charge in [-0.1, -0.05) is 42.1 Å². The van der Waals surface area contributed by atoms with Crippen LogP contribution in [0.2, 0.25) is 0 Å². The third-order valence-corrected chi connectivity index (χ3v) is 7.36. The van der Waals surface area contributed by atoms with Crippen molar-refractivity contribution in [1.29, 1.82) is 0 Å². The molecule has 2 N–H and O–H groups in total. The standard InChI is InChI=1S/C24H23N3O5S2/c1-15-8-4-5-9-18(15)25-23(28)16(2)33-24-26-20-14-17(12-13-22(20)32-24)34(29,30)27-19-10-6-7-11-21(19)31-3/h4-14,16,27H,1-3H3,(H,25,28). The van der Waals surface area contributed by atoms with Crippen LogP contribution < -0.4 is 14.8 Å². The van der Waals surface area contributed by atoms with E-state index in [0.29, 0.717) is 22.5 Å². The van der Waals surface area contributed by atoms with Gasteiger partial charge in [0.05, 0.1) is 22.9 Å². The molecule has 0 aliphatic rings. The van der Waals surface area contributed by atoms with Crippen LogP contribution in [-0.4, -0.2) is 31.7 Å². The van der Waals surface area contributed by atoms with Crippen LogP contribution in [0.25, 0.3) is 11.1 Å². The third-order valence-electron chi connectivity index (χ3n) is 5.05. The Labute approximate surface area is 201 Å². The van der Waals surface area contributed by atoms with Crippen LogP contribution in [0, 0.1) is 6.92 Å². The minimum Gasteiger partial charge on any atom is -0.495 e. The second kappa shape index (κ2) is 9.78. The predicted octanol–water partition coefficient (Wildman–Crippen LogP) is 5.06. The smallest absolute Gasteiger partial charge is 0.262 e. The fourth-order valence-electron chi connectivity index (χ4n) is 3.19. The number of methoxy groups -OCH3 is 1. The van der Waals surface area contributed by atoms with Crippen molar-refractivity contribution in [2.24, 2.45) is 0 Å². The molecule has 4 aromatic rings. The highest BCUT2D eigenvalue weighted by atomic mass is 32.2. The Bertz CT molecular complexity index is 1450. The average Bonchev–Trinajstić information content (AvgIpc) is 3.22. The maximum absolute atomic E-state index is 12.9. The van der Waals surface area contributed by atoms with Gasteiger partial charge in [0.25, 0.3) is 15.2 Å². The van der Waals surface area contributed by atoms with Gasteiger partial charge in [-0.05, 0) is 55.8 Å². The lowest BCUT2D eigenvalue weighted by Crippen LogP contribution is -2.22. The van der Waals surface area contributed by atoms with Gasteiger partial charge in [-0.3, -0.25) is 9.52 Å². The Hall–Kier alpha value is -3.50. The molecule has 0 saturated heterocycles. The van der Waals surface area contributed by atoms with Crippen molar-refractivity contribution in [3.8, 4) is 5.75 Å². The Kier molecular flexibility index (Phi) is 6.80. The van der Waals surface area contributed by atoms with Crippen LogP contribution in [0.1, 0.15) is 12.5 Å². The first-order valence-corrected chi connectivity index (χ1v) is 12.7. The van der Waals surface area contributed by atoms with Crippen LogP contribution in [0.3, 0.4) is 0 Å². The summed E-state index contributed by atoms with van der Waals surface area (Å²) in [5, 5.41) is 2.69. The number of nitrogens with zero attached hydrogens (tertiary/aromatic N) is 1. The highest BCUT2D eigenvalue weighted by molar-refractivity contribution is 8.00. The van der Waals surface area contributed by atoms with Crippen LogP contribution in [0.5, 0.6) is 5.75 Å². The normalized spacial score (nSPS) is 12.3. The molecule has 0 radical (unpaired) electrons. The number of aromatic nitrogens is 1. The van der Waals surface area contributed by atoms with Crippen molar-refractivity contribution >= 4 is 50.2 Å². The van der Waals surface area contributed by atoms with Crippen LogP contribution >= 0.6 is 11.8 Å². The molecule has 8 nitrogen and oxygen atoms in total. The molecule has 3 aromatic carbocycles. The van der Waals surface area contributed by atoms with Gasteiger partial charge in [0.15, 0.2) is 5.58 Å². The summed E-state index contributed by atoms with van der Waals surface area (Å²) in [7, 11) is -2.42. The van der Waals surface area contributed by atoms with E-state index in [9.17, 15) is 13.2 Å². The molecule has 0 spiro atoms. The Balaban J connectivity index is 1.50. The summed E-state index contributed by atoms with van der Waals surface area (Å²) < 4.78 is 39.3. The number of fused-ring (bicyclic) bond motifs is 1. The van der Waals surface area contributed by atoms with Crippen molar-refractivity contribution in [3.63, 3.8) is 0 Å². The van der Waals surface area contributed by atoms with Gasteiger partial charge in [-0.25, -0.2) is 13.4 Å². The van der Waals surface area contributed by atoms with Crippen LogP contribution in [0.15, 0.2) is 81.3 Å². The second-order valence-electron chi connectivity index (χ2n) is 7.48. The van der Waals surface area contributed by atoms with E-state index in [2.05, 4.69) is 15.0 Å². The number of nitrogens with one attached hydrogen (secondary N) is 2. The summed E-state index contributed by atoms with van der Waals surface area (Å²) >= 11 is 1.15. The number of rotatable bonds is 8. The van der Waals surface area contributed by atoms with Gasteiger partial charge in [0, 0.05) is 5.69 Å². The van der Waals surface area contributed by atoms with E-state index in [1.54, 1.807) is 37.3 Å². The van der Waals surface area contributed by atoms with Crippen molar-refractivity contribution in [3.05, 3.63) is 72.3 Å². The molecule has 1 aromatic heterocycles. The largest absolute Gasteiger partial charge is 0.495 e. The van der Waals surface area contributed by atoms with E-state index >= 15 is 0 Å². The molecule has 176 valence electrons. The predicted molar refractivity (Wildman–Crippen MR) is 133 cm³/mol. The number of carbonyl (C=O) groups excluding carboxylic acids is 1. The topological polar surface area (TPSA) is 111 Å². The van der Waals surface area contributed by atoms with E-state index in [-0.39, 0.29) is 16.0 Å². The fraction of sp³-hybridized carbons (Fsp3) is 0.167. The first-order valence-electron chi connectivity index (χ1n) is 10.4. The first kappa shape index (κ1) is 23.7. The van der Waals surface area contributed by atoms with E-state index < -0.39 is 15.3 Å². The number of amides is 1. The quantitative estimate of drug-likeness (QED) is 0.327. The maximum atomic E-state index is 12.9. The molecule has 10 heteroatoms. The van der Waals surface area contributed by atoms with Crippen molar-refractivity contribution in [2.75, 3.05) is 17.1 Å². The number of oxazole rings is 1. The number of para-hydroxylation sites is 3. The van der Waals surface area contributed by atoms with Crippen molar-refractivity contribution in [2.45, 2.75) is 29.2 Å². The Morgan fingerprint density at radius 1 is 1.06 bits per heavy atom. The summed E-state index contributed by atoms with van der Waals surface area (Å²) in [5.41, 5.74) is 2.83. The molecule has 0 fully saturated rings. The molecule has 0 aliphatic heterocycles. The van der Waals surface area contributed by atoms with Gasteiger partial charge >= 0.3 is 0 Å². The van der Waals surface area contributed by atoms with Crippen LogP contribution in [0.4, 0.5) is 11.4 Å². The summed E-state index contributed by atoms with van der Waals surface area (Å²) in [5.74, 6) is 0.219. The molecule has 1 amide bonds. The van der Waals surface area contributed by atoms with E-state index in [4.69, 9.17) is 9.15 Å². The number of sulfonamides is 1. The average molecular weight is 498 g/mol. The number of anilines is 2. The second-order valence-corrected chi connectivity index (χ2v) is 10.5. The minimum absolute atomic E-state index is 0.0288. The fourth-order valence-corrected chi connectivity index (χ4v) is 5.04. The monoisotopic (exact) mass is 497 g/mol. The lowest BCUT2D eigenvalue weighted by molar-refractivity contribution is -0.115. The van der Waals surface area contributed by atoms with Gasteiger partial charge in [-0.2, -0.15) is 0 Å². The zero-order chi connectivity index (χ0) is 24.3. The molecule has 34 heavy (non-hydrogen) atoms. The summed E-state index contributed by atoms with van der Waals surface area (Å²) in [6, 6.07) is 18.7. The number of hydrogen-bond donors (Lipinski definition) is 2. The van der Waals surface area contributed by atoms with Crippen LogP contribution in [-0.2, 0) is 14.8 Å². The first-order chi connectivity index (χ1) is 16.3. The molecule has 0 bridgehead atoms. The number of aryl methyl sites for hydroxylation is 1. The molecule has 1 heterocycles. The van der Waals surface area contributed by atoms with Gasteiger partial charge in [-0.15, -0.1) is 0 Å². The van der Waals surface area contributed by atoms with E-state index in [1.807, 2.05) is 31.2 Å². The molecule has 0 saturated carbocycles. The summed E-state index contributed by atoms with van der Waals surface area (Å²) in [6.07, 6.45) is 0. The summed E-state index contributed by atoms with van der Waals surface area (Å²) in [4.78, 5) is 17.0. The zero-order valence-corrected chi connectivity index (χ0v) is 20.4. The SMILES string of the molecule is COc1ccccc1NS(=O)(=O)c1ccc2oc(SC(C)C(=O)Nc3ccccc3C)nc2c1. The van der Waals surface area contributed by atoms with Gasteiger partial charge in [0.1, 0.15) is 11.3 Å². The number of thioether (sulfide) groups is 1. The maximum Gasteiger partial charge on any atom is 0.262 e. The van der Waals surface area contributed by atoms with Crippen molar-refractivity contribution < 1.29 is 22.4 Å². The molecule has 1 atom stereocenters. The lowest BCUT2D eigenvalue weighted by Gasteiger charge is -2.11. The number of benzene rings is 3. The molecule has 0 aliphatic carbocycles. The number of carbonyl (C=O) groups is 1. The third kappa shape index (κ3) is 5.18. The highest BCUT2D eigenvalue weighted by Crippen LogP contribution is 2.30. The number of hydrogen-bond acceptors (Lipinski definition) is 7. The Morgan fingerprint density at radius 2 is 1.76 bits per heavy atom. The Morgan fingerprint density at radius 3 is 2.50 bits per heavy atom. The van der Waals surface area contributed by atoms with E-state index in [1.165, 1.54) is 19.2 Å². The highest BCUT2D eigenvalue weighted by Gasteiger charge is 2.21. The molecule has 4 rings (SSSR count).